The van der Waals surface area contributed by atoms with Gasteiger partial charge in [0.2, 0.25) is 5.95 Å². The standard InChI is InChI=1S/C28H39ClN6S/c1-20-15-21(2)18-35(17-20)25-16-24(34-13-5-6-14-34)31-26(32-25)33-27(36)30-19-28(11-3-4-12-28)22-7-9-23(29)10-8-22/h7-10,16,20-21H,3-6,11-15,17-19H2,1-2H3,(H2,30,31,32,33,36)/t20-,21-/m1/s1. The Bertz CT molecular complexity index is 1040. The van der Waals surface area contributed by atoms with E-state index in [1.54, 1.807) is 0 Å². The van der Waals surface area contributed by atoms with Gasteiger partial charge in [-0.25, -0.2) is 0 Å². The van der Waals surface area contributed by atoms with Crippen molar-refractivity contribution in [3.8, 4) is 0 Å². The van der Waals surface area contributed by atoms with Crippen LogP contribution < -0.4 is 20.4 Å². The minimum atomic E-state index is 0.0832. The molecule has 36 heavy (non-hydrogen) atoms. The summed E-state index contributed by atoms with van der Waals surface area (Å²) in [5, 5.41) is 8.20. The van der Waals surface area contributed by atoms with Crippen LogP contribution in [0.1, 0.15) is 64.4 Å². The van der Waals surface area contributed by atoms with Crippen molar-refractivity contribution in [3.05, 3.63) is 40.9 Å². The lowest BCUT2D eigenvalue weighted by atomic mass is 9.79. The molecule has 8 heteroatoms. The monoisotopic (exact) mass is 526 g/mol. The zero-order chi connectivity index (χ0) is 25.1. The van der Waals surface area contributed by atoms with Crippen LogP contribution in [0.5, 0.6) is 0 Å². The number of piperidine rings is 1. The summed E-state index contributed by atoms with van der Waals surface area (Å²) in [5.74, 6) is 3.91. The van der Waals surface area contributed by atoms with Crippen LogP contribution >= 0.6 is 23.8 Å². The van der Waals surface area contributed by atoms with Crippen molar-refractivity contribution >= 4 is 46.5 Å². The Hall–Kier alpha value is -2.12. The first-order valence-electron chi connectivity index (χ1n) is 13.6. The molecule has 3 heterocycles. The van der Waals surface area contributed by atoms with Crippen LogP contribution in [0, 0.1) is 11.8 Å². The van der Waals surface area contributed by atoms with E-state index in [0.717, 1.165) is 62.2 Å². The SMILES string of the molecule is C[C@@H]1C[C@@H](C)CN(c2cc(N3CCCC3)nc(NC(=S)NCC3(c4ccc(Cl)cc4)CCCC3)n2)C1. The molecule has 1 aliphatic carbocycles. The molecule has 0 amide bonds. The fourth-order valence-corrected chi connectivity index (χ4v) is 6.71. The third-order valence-electron chi connectivity index (χ3n) is 8.15. The second-order valence-electron chi connectivity index (χ2n) is 11.3. The van der Waals surface area contributed by atoms with Crippen LogP contribution in [0.4, 0.5) is 17.6 Å². The van der Waals surface area contributed by atoms with Gasteiger partial charge in [-0.3, -0.25) is 0 Å². The van der Waals surface area contributed by atoms with E-state index in [-0.39, 0.29) is 5.41 Å². The van der Waals surface area contributed by atoms with Gasteiger partial charge in [0.1, 0.15) is 11.6 Å². The number of aromatic nitrogens is 2. The number of nitrogens with one attached hydrogen (secondary N) is 2. The molecular weight excluding hydrogens is 488 g/mol. The lowest BCUT2D eigenvalue weighted by molar-refractivity contribution is 0.355. The number of halogens is 1. The number of benzene rings is 1. The zero-order valence-corrected chi connectivity index (χ0v) is 23.2. The minimum absolute atomic E-state index is 0.0832. The van der Waals surface area contributed by atoms with E-state index >= 15 is 0 Å². The molecule has 2 N–H and O–H groups in total. The molecule has 2 atom stereocenters. The van der Waals surface area contributed by atoms with Gasteiger partial charge < -0.3 is 20.4 Å². The Kier molecular flexibility index (Phi) is 7.87. The summed E-state index contributed by atoms with van der Waals surface area (Å²) in [5.41, 5.74) is 1.42. The summed E-state index contributed by atoms with van der Waals surface area (Å²) in [4.78, 5) is 14.6. The molecule has 194 valence electrons. The maximum atomic E-state index is 6.16. The lowest BCUT2D eigenvalue weighted by Crippen LogP contribution is -2.41. The molecule has 0 spiro atoms. The predicted molar refractivity (Wildman–Crippen MR) is 154 cm³/mol. The van der Waals surface area contributed by atoms with E-state index in [1.165, 1.54) is 37.7 Å². The van der Waals surface area contributed by atoms with Gasteiger partial charge in [0.25, 0.3) is 0 Å². The van der Waals surface area contributed by atoms with Crippen molar-refractivity contribution < 1.29 is 0 Å². The van der Waals surface area contributed by atoms with E-state index in [2.05, 4.69) is 52.5 Å². The van der Waals surface area contributed by atoms with Crippen LogP contribution in [0.15, 0.2) is 30.3 Å². The Labute approximate surface area is 226 Å². The van der Waals surface area contributed by atoms with Gasteiger partial charge in [-0.2, -0.15) is 9.97 Å². The van der Waals surface area contributed by atoms with Gasteiger partial charge in [-0.1, -0.05) is 50.4 Å². The van der Waals surface area contributed by atoms with E-state index in [0.29, 0.717) is 22.9 Å². The summed E-state index contributed by atoms with van der Waals surface area (Å²) in [6.45, 7) is 9.63. The third kappa shape index (κ3) is 5.88. The molecule has 3 fully saturated rings. The van der Waals surface area contributed by atoms with Crippen molar-refractivity contribution in [1.29, 1.82) is 0 Å². The molecule has 0 radical (unpaired) electrons. The number of anilines is 3. The maximum absolute atomic E-state index is 6.16. The summed E-state index contributed by atoms with van der Waals surface area (Å²) in [6.07, 6.45) is 8.48. The number of hydrogen-bond acceptors (Lipinski definition) is 5. The second-order valence-corrected chi connectivity index (χ2v) is 12.1. The van der Waals surface area contributed by atoms with Crippen LogP contribution in [-0.4, -0.2) is 47.8 Å². The molecule has 1 saturated carbocycles. The smallest absolute Gasteiger partial charge is 0.232 e. The van der Waals surface area contributed by atoms with Gasteiger partial charge in [0.05, 0.1) is 0 Å². The summed E-state index contributed by atoms with van der Waals surface area (Å²) >= 11 is 11.9. The van der Waals surface area contributed by atoms with E-state index in [9.17, 15) is 0 Å². The number of thiocarbonyl (C=S) groups is 1. The fourth-order valence-electron chi connectivity index (χ4n) is 6.42. The molecule has 0 unspecified atom stereocenters. The Morgan fingerprint density at radius 2 is 1.58 bits per heavy atom. The summed E-state index contributed by atoms with van der Waals surface area (Å²) in [7, 11) is 0. The number of rotatable bonds is 6. The number of hydrogen-bond donors (Lipinski definition) is 2. The van der Waals surface area contributed by atoms with Crippen LogP contribution in [0.25, 0.3) is 0 Å². The van der Waals surface area contributed by atoms with Gasteiger partial charge in [-0.05, 0) is 73.9 Å². The molecule has 2 aliphatic heterocycles. The minimum Gasteiger partial charge on any atom is -0.361 e. The van der Waals surface area contributed by atoms with Gasteiger partial charge in [-0.15, -0.1) is 0 Å². The highest BCUT2D eigenvalue weighted by molar-refractivity contribution is 7.80. The Morgan fingerprint density at radius 3 is 2.22 bits per heavy atom. The normalized spacial score (nSPS) is 23.6. The van der Waals surface area contributed by atoms with E-state index in [4.69, 9.17) is 33.8 Å². The zero-order valence-electron chi connectivity index (χ0n) is 21.6. The molecule has 2 aromatic rings. The fraction of sp³-hybridized carbons (Fsp3) is 0.607. The quantitative estimate of drug-likeness (QED) is 0.447. The predicted octanol–water partition coefficient (Wildman–Crippen LogP) is 6.01. The van der Waals surface area contributed by atoms with Crippen LogP contribution in [-0.2, 0) is 5.41 Å². The van der Waals surface area contributed by atoms with Gasteiger partial charge in [0, 0.05) is 49.2 Å². The van der Waals surface area contributed by atoms with Crippen molar-refractivity contribution in [3.63, 3.8) is 0 Å². The number of nitrogens with zero attached hydrogens (tertiary/aromatic N) is 4. The van der Waals surface area contributed by atoms with Crippen molar-refractivity contribution in [1.82, 2.24) is 15.3 Å². The largest absolute Gasteiger partial charge is 0.361 e. The Morgan fingerprint density at radius 1 is 0.972 bits per heavy atom. The van der Waals surface area contributed by atoms with Crippen molar-refractivity contribution in [2.24, 2.45) is 11.8 Å². The van der Waals surface area contributed by atoms with Crippen LogP contribution in [0.2, 0.25) is 5.02 Å². The highest BCUT2D eigenvalue weighted by atomic mass is 35.5. The highest BCUT2D eigenvalue weighted by Crippen LogP contribution is 2.41. The van der Waals surface area contributed by atoms with E-state index < -0.39 is 0 Å². The summed E-state index contributed by atoms with van der Waals surface area (Å²) in [6, 6.07) is 10.5. The van der Waals surface area contributed by atoms with Gasteiger partial charge in [0.15, 0.2) is 5.11 Å². The molecule has 1 aromatic heterocycles. The van der Waals surface area contributed by atoms with Crippen molar-refractivity contribution in [2.45, 2.75) is 64.2 Å². The molecule has 2 saturated heterocycles. The van der Waals surface area contributed by atoms with Gasteiger partial charge >= 0.3 is 0 Å². The second kappa shape index (κ2) is 11.1. The van der Waals surface area contributed by atoms with Crippen LogP contribution in [0.3, 0.4) is 0 Å². The summed E-state index contributed by atoms with van der Waals surface area (Å²) < 4.78 is 0. The topological polar surface area (TPSA) is 56.3 Å². The highest BCUT2D eigenvalue weighted by Gasteiger charge is 2.35. The lowest BCUT2D eigenvalue weighted by Gasteiger charge is -2.36. The van der Waals surface area contributed by atoms with E-state index in [1.807, 2.05) is 12.1 Å². The third-order valence-corrected chi connectivity index (χ3v) is 8.65. The maximum Gasteiger partial charge on any atom is 0.232 e. The average Bonchev–Trinajstić information content (AvgIpc) is 3.56. The molecule has 5 rings (SSSR count). The first-order valence-corrected chi connectivity index (χ1v) is 14.4. The first kappa shape index (κ1) is 25.5. The molecule has 6 nitrogen and oxygen atoms in total. The average molecular weight is 527 g/mol. The molecule has 1 aromatic carbocycles. The van der Waals surface area contributed by atoms with Crippen molar-refractivity contribution in [2.75, 3.05) is 47.8 Å². The molecular formula is C28H39ClN6S. The first-order chi connectivity index (χ1) is 17.4. The molecule has 3 aliphatic rings. The Balaban J connectivity index is 1.32. The molecule has 0 bridgehead atoms.